The highest BCUT2D eigenvalue weighted by Crippen LogP contribution is 2.26. The fraction of sp³-hybridized carbons (Fsp3) is 0.333. The smallest absolute Gasteiger partial charge is 0.115 e. The van der Waals surface area contributed by atoms with E-state index in [0.717, 1.165) is 16.7 Å². The Hall–Kier alpha value is -2.50. The maximum Gasteiger partial charge on any atom is 0.115 e. The molecule has 1 aliphatic rings. The lowest BCUT2D eigenvalue weighted by molar-refractivity contribution is -0.234. The Bertz CT molecular complexity index is 885. The third-order valence-electron chi connectivity index (χ3n) is 5.55. The van der Waals surface area contributed by atoms with Crippen LogP contribution in [0.3, 0.4) is 0 Å². The van der Waals surface area contributed by atoms with Gasteiger partial charge in [-0.1, -0.05) is 91.0 Å². The lowest BCUT2D eigenvalue weighted by Gasteiger charge is -2.41. The summed E-state index contributed by atoms with van der Waals surface area (Å²) in [6, 6.07) is 30.6. The maximum absolute atomic E-state index is 6.41. The zero-order valence-corrected chi connectivity index (χ0v) is 17.9. The van der Waals surface area contributed by atoms with Gasteiger partial charge in [0.2, 0.25) is 0 Å². The van der Waals surface area contributed by atoms with E-state index in [2.05, 4.69) is 36.4 Å². The molecule has 4 nitrogen and oxygen atoms in total. The van der Waals surface area contributed by atoms with Crippen molar-refractivity contribution in [3.05, 3.63) is 108 Å². The third kappa shape index (κ3) is 6.25. The SMILES string of the molecule is C[C@@H]1OC[C@@H](OCc2ccccc2)[C@H](OCc2ccccc2)[C@@H]1OCc1ccccc1. The summed E-state index contributed by atoms with van der Waals surface area (Å²) in [5.74, 6) is 0. The first-order valence-corrected chi connectivity index (χ1v) is 10.9. The zero-order valence-electron chi connectivity index (χ0n) is 17.9. The Morgan fingerprint density at radius 1 is 0.613 bits per heavy atom. The first kappa shape index (κ1) is 21.7. The van der Waals surface area contributed by atoms with Crippen molar-refractivity contribution >= 4 is 0 Å². The van der Waals surface area contributed by atoms with Gasteiger partial charge in [0, 0.05) is 0 Å². The molecule has 3 aromatic carbocycles. The van der Waals surface area contributed by atoms with E-state index in [4.69, 9.17) is 18.9 Å². The highest BCUT2D eigenvalue weighted by molar-refractivity contribution is 5.15. The number of rotatable bonds is 9. The van der Waals surface area contributed by atoms with Gasteiger partial charge in [-0.25, -0.2) is 0 Å². The molecule has 4 rings (SSSR count). The molecule has 0 radical (unpaired) electrons. The maximum atomic E-state index is 6.41. The molecule has 1 heterocycles. The Balaban J connectivity index is 1.46. The van der Waals surface area contributed by atoms with Crippen molar-refractivity contribution in [2.45, 2.75) is 51.2 Å². The molecule has 0 N–H and O–H groups in total. The molecule has 0 amide bonds. The second-order valence-electron chi connectivity index (χ2n) is 7.90. The van der Waals surface area contributed by atoms with E-state index < -0.39 is 0 Å². The average Bonchev–Trinajstić information content (AvgIpc) is 2.83. The Kier molecular flexibility index (Phi) is 7.86. The minimum Gasteiger partial charge on any atom is -0.373 e. The Morgan fingerprint density at radius 3 is 1.52 bits per heavy atom. The van der Waals surface area contributed by atoms with Gasteiger partial charge in [0.15, 0.2) is 0 Å². The molecule has 31 heavy (non-hydrogen) atoms. The molecule has 1 saturated heterocycles. The van der Waals surface area contributed by atoms with Crippen LogP contribution in [0.1, 0.15) is 23.6 Å². The average molecular weight is 419 g/mol. The Labute approximate surface area is 184 Å². The van der Waals surface area contributed by atoms with E-state index in [0.29, 0.717) is 26.4 Å². The molecule has 0 aliphatic carbocycles. The van der Waals surface area contributed by atoms with Crippen molar-refractivity contribution in [3.8, 4) is 0 Å². The van der Waals surface area contributed by atoms with Gasteiger partial charge in [0.25, 0.3) is 0 Å². The number of ether oxygens (including phenoxy) is 4. The molecule has 4 atom stereocenters. The fourth-order valence-corrected chi connectivity index (χ4v) is 3.80. The van der Waals surface area contributed by atoms with Crippen LogP contribution in [-0.2, 0) is 38.8 Å². The molecular weight excluding hydrogens is 388 g/mol. The van der Waals surface area contributed by atoms with Crippen molar-refractivity contribution in [2.75, 3.05) is 6.61 Å². The first-order chi connectivity index (χ1) is 15.3. The van der Waals surface area contributed by atoms with Gasteiger partial charge in [-0.3, -0.25) is 0 Å². The van der Waals surface area contributed by atoms with E-state index >= 15 is 0 Å². The van der Waals surface area contributed by atoms with Crippen molar-refractivity contribution < 1.29 is 18.9 Å². The van der Waals surface area contributed by atoms with Gasteiger partial charge in [0.1, 0.15) is 18.3 Å². The lowest BCUT2D eigenvalue weighted by atomic mass is 10.00. The van der Waals surface area contributed by atoms with Gasteiger partial charge < -0.3 is 18.9 Å². The van der Waals surface area contributed by atoms with Crippen molar-refractivity contribution in [2.24, 2.45) is 0 Å². The summed E-state index contributed by atoms with van der Waals surface area (Å²) in [7, 11) is 0. The van der Waals surface area contributed by atoms with Crippen LogP contribution in [0.4, 0.5) is 0 Å². The topological polar surface area (TPSA) is 36.9 Å². The highest BCUT2D eigenvalue weighted by Gasteiger charge is 2.41. The minimum atomic E-state index is -0.226. The summed E-state index contributed by atoms with van der Waals surface area (Å²) in [5, 5.41) is 0. The lowest BCUT2D eigenvalue weighted by Crippen LogP contribution is -2.55. The number of hydrogen-bond acceptors (Lipinski definition) is 4. The molecule has 4 heteroatoms. The molecule has 0 spiro atoms. The molecule has 0 aromatic heterocycles. The fourth-order valence-electron chi connectivity index (χ4n) is 3.80. The molecule has 0 saturated carbocycles. The van der Waals surface area contributed by atoms with Crippen LogP contribution >= 0.6 is 0 Å². The zero-order chi connectivity index (χ0) is 21.3. The first-order valence-electron chi connectivity index (χ1n) is 10.9. The van der Waals surface area contributed by atoms with Crippen LogP contribution in [0.25, 0.3) is 0 Å². The summed E-state index contributed by atoms with van der Waals surface area (Å²) >= 11 is 0. The van der Waals surface area contributed by atoms with Crippen molar-refractivity contribution in [1.29, 1.82) is 0 Å². The molecule has 162 valence electrons. The summed E-state index contributed by atoms with van der Waals surface area (Å²) in [5.41, 5.74) is 3.39. The summed E-state index contributed by atoms with van der Waals surface area (Å²) in [6.07, 6.45) is -0.739. The van der Waals surface area contributed by atoms with E-state index in [-0.39, 0.29) is 24.4 Å². The van der Waals surface area contributed by atoms with Gasteiger partial charge in [-0.05, 0) is 23.6 Å². The molecule has 0 bridgehead atoms. The van der Waals surface area contributed by atoms with Crippen LogP contribution in [0.2, 0.25) is 0 Å². The van der Waals surface area contributed by atoms with E-state index in [1.54, 1.807) is 0 Å². The summed E-state index contributed by atoms with van der Waals surface area (Å²) in [6.45, 7) is 4.06. The standard InChI is InChI=1S/C27H30O4/c1-21-26(30-18-23-13-7-3-8-14-23)27(31-19-24-15-9-4-10-16-24)25(20-28-21)29-17-22-11-5-2-6-12-22/h2-16,21,25-27H,17-20H2,1H3/t21-,25+,26+,27-/m0/s1. The van der Waals surface area contributed by atoms with E-state index in [9.17, 15) is 0 Å². The molecular formula is C27H30O4. The molecule has 1 fully saturated rings. The van der Waals surface area contributed by atoms with Crippen LogP contribution in [-0.4, -0.2) is 31.0 Å². The van der Waals surface area contributed by atoms with Crippen molar-refractivity contribution in [3.63, 3.8) is 0 Å². The third-order valence-corrected chi connectivity index (χ3v) is 5.55. The van der Waals surface area contributed by atoms with Crippen LogP contribution in [0.5, 0.6) is 0 Å². The summed E-state index contributed by atoms with van der Waals surface area (Å²) < 4.78 is 25.0. The number of hydrogen-bond donors (Lipinski definition) is 0. The summed E-state index contributed by atoms with van der Waals surface area (Å²) in [4.78, 5) is 0. The monoisotopic (exact) mass is 418 g/mol. The molecule has 3 aromatic rings. The van der Waals surface area contributed by atoms with Crippen LogP contribution < -0.4 is 0 Å². The molecule has 1 aliphatic heterocycles. The van der Waals surface area contributed by atoms with Gasteiger partial charge in [-0.15, -0.1) is 0 Å². The predicted molar refractivity (Wildman–Crippen MR) is 120 cm³/mol. The van der Waals surface area contributed by atoms with Gasteiger partial charge in [0.05, 0.1) is 32.5 Å². The van der Waals surface area contributed by atoms with E-state index in [1.165, 1.54) is 0 Å². The highest BCUT2D eigenvalue weighted by atomic mass is 16.6. The van der Waals surface area contributed by atoms with Crippen LogP contribution in [0.15, 0.2) is 91.0 Å². The quantitative estimate of drug-likeness (QED) is 0.481. The van der Waals surface area contributed by atoms with Gasteiger partial charge in [-0.2, -0.15) is 0 Å². The van der Waals surface area contributed by atoms with E-state index in [1.807, 2.05) is 61.5 Å². The second kappa shape index (κ2) is 11.2. The largest absolute Gasteiger partial charge is 0.373 e. The Morgan fingerprint density at radius 2 is 1.03 bits per heavy atom. The molecule has 0 unspecified atom stereocenters. The normalized spacial score (nSPS) is 23.5. The predicted octanol–water partition coefficient (Wildman–Crippen LogP) is 5.16. The van der Waals surface area contributed by atoms with Crippen LogP contribution in [0, 0.1) is 0 Å². The second-order valence-corrected chi connectivity index (χ2v) is 7.90. The number of benzene rings is 3. The van der Waals surface area contributed by atoms with Gasteiger partial charge >= 0.3 is 0 Å². The van der Waals surface area contributed by atoms with Crippen molar-refractivity contribution in [1.82, 2.24) is 0 Å². The minimum absolute atomic E-state index is 0.0824.